The fourth-order valence-electron chi connectivity index (χ4n) is 2.19. The zero-order chi connectivity index (χ0) is 12.3. The number of halogens is 1. The monoisotopic (exact) mass is 317 g/mol. The summed E-state index contributed by atoms with van der Waals surface area (Å²) in [6.07, 6.45) is 3.87. The van der Waals surface area contributed by atoms with E-state index in [1.54, 1.807) is 0 Å². The molecule has 2 rings (SSSR count). The molecule has 2 atom stereocenters. The summed E-state index contributed by atoms with van der Waals surface area (Å²) in [5, 5.41) is 14.6. The van der Waals surface area contributed by atoms with Gasteiger partial charge in [-0.05, 0) is 40.2 Å². The van der Waals surface area contributed by atoms with Gasteiger partial charge in [-0.1, -0.05) is 12.8 Å². The lowest BCUT2D eigenvalue weighted by molar-refractivity contribution is 0.0664. The van der Waals surface area contributed by atoms with Crippen molar-refractivity contribution in [1.82, 2.24) is 5.32 Å². The van der Waals surface area contributed by atoms with Crippen molar-refractivity contribution >= 4 is 33.2 Å². The van der Waals surface area contributed by atoms with Crippen LogP contribution in [0.2, 0.25) is 0 Å². The second kappa shape index (κ2) is 5.98. The van der Waals surface area contributed by atoms with E-state index in [1.807, 2.05) is 11.4 Å². The van der Waals surface area contributed by atoms with Crippen molar-refractivity contribution in [2.45, 2.75) is 31.8 Å². The largest absolute Gasteiger partial charge is 0.393 e. The second-order valence-corrected chi connectivity index (χ2v) is 6.19. The molecule has 2 unspecified atom stereocenters. The number of nitrogens with one attached hydrogen (secondary N) is 1. The molecule has 1 aliphatic carbocycles. The Morgan fingerprint density at radius 2 is 2.29 bits per heavy atom. The fourth-order valence-corrected chi connectivity index (χ4v) is 3.65. The molecule has 0 bridgehead atoms. The van der Waals surface area contributed by atoms with Gasteiger partial charge in [0.15, 0.2) is 0 Å². The minimum absolute atomic E-state index is 0.0513. The van der Waals surface area contributed by atoms with Gasteiger partial charge in [0.25, 0.3) is 5.91 Å². The van der Waals surface area contributed by atoms with E-state index in [0.717, 1.165) is 30.2 Å². The van der Waals surface area contributed by atoms with Crippen molar-refractivity contribution in [3.8, 4) is 0 Å². The minimum Gasteiger partial charge on any atom is -0.393 e. The number of rotatable bonds is 3. The predicted molar refractivity (Wildman–Crippen MR) is 72.3 cm³/mol. The highest BCUT2D eigenvalue weighted by Crippen LogP contribution is 2.25. The SMILES string of the molecule is O=C(NCC1CCCCC1O)c1sccc1Br. The Morgan fingerprint density at radius 3 is 2.94 bits per heavy atom. The maximum Gasteiger partial charge on any atom is 0.262 e. The molecule has 1 fully saturated rings. The third-order valence-corrected chi connectivity index (χ3v) is 5.05. The maximum atomic E-state index is 11.9. The smallest absolute Gasteiger partial charge is 0.262 e. The van der Waals surface area contributed by atoms with Crippen LogP contribution in [0.3, 0.4) is 0 Å². The van der Waals surface area contributed by atoms with E-state index in [0.29, 0.717) is 11.4 Å². The van der Waals surface area contributed by atoms with Crippen molar-refractivity contribution in [2.24, 2.45) is 5.92 Å². The Bertz CT molecular complexity index is 394. The van der Waals surface area contributed by atoms with Gasteiger partial charge in [-0.2, -0.15) is 0 Å². The van der Waals surface area contributed by atoms with Gasteiger partial charge in [0.05, 0.1) is 6.10 Å². The molecule has 1 aromatic rings. The molecular weight excluding hydrogens is 302 g/mol. The van der Waals surface area contributed by atoms with Gasteiger partial charge in [-0.3, -0.25) is 4.79 Å². The van der Waals surface area contributed by atoms with Crippen LogP contribution in [0, 0.1) is 5.92 Å². The molecule has 5 heteroatoms. The summed E-state index contributed by atoms with van der Waals surface area (Å²) in [6, 6.07) is 1.87. The predicted octanol–water partition coefficient (Wildman–Crippen LogP) is 2.79. The van der Waals surface area contributed by atoms with Crippen molar-refractivity contribution < 1.29 is 9.90 Å². The fraction of sp³-hybridized carbons (Fsp3) is 0.583. The highest BCUT2D eigenvalue weighted by Gasteiger charge is 2.23. The second-order valence-electron chi connectivity index (χ2n) is 4.42. The highest BCUT2D eigenvalue weighted by molar-refractivity contribution is 9.10. The maximum absolute atomic E-state index is 11.9. The number of carbonyl (C=O) groups is 1. The molecule has 0 aromatic carbocycles. The Balaban J connectivity index is 1.86. The zero-order valence-electron chi connectivity index (χ0n) is 9.49. The molecule has 94 valence electrons. The van der Waals surface area contributed by atoms with E-state index in [2.05, 4.69) is 21.2 Å². The van der Waals surface area contributed by atoms with Crippen LogP contribution in [0.5, 0.6) is 0 Å². The van der Waals surface area contributed by atoms with Crippen LogP contribution in [0.1, 0.15) is 35.4 Å². The number of hydrogen-bond acceptors (Lipinski definition) is 3. The number of carbonyl (C=O) groups excluding carboxylic acids is 1. The first-order valence-electron chi connectivity index (χ1n) is 5.87. The Morgan fingerprint density at radius 1 is 1.53 bits per heavy atom. The third-order valence-electron chi connectivity index (χ3n) is 3.22. The lowest BCUT2D eigenvalue weighted by atomic mass is 9.86. The average Bonchev–Trinajstić information content (AvgIpc) is 2.74. The van der Waals surface area contributed by atoms with E-state index in [9.17, 15) is 9.90 Å². The first-order chi connectivity index (χ1) is 8.18. The first-order valence-corrected chi connectivity index (χ1v) is 7.55. The van der Waals surface area contributed by atoms with Crippen LogP contribution in [0.4, 0.5) is 0 Å². The normalized spacial score (nSPS) is 24.6. The first kappa shape index (κ1) is 13.1. The van der Waals surface area contributed by atoms with Gasteiger partial charge >= 0.3 is 0 Å². The molecule has 1 saturated carbocycles. The van der Waals surface area contributed by atoms with Crippen molar-refractivity contribution in [2.75, 3.05) is 6.54 Å². The number of aliphatic hydroxyl groups is 1. The van der Waals surface area contributed by atoms with Crippen LogP contribution in [0.25, 0.3) is 0 Å². The summed E-state index contributed by atoms with van der Waals surface area (Å²) in [5.74, 6) is 0.163. The summed E-state index contributed by atoms with van der Waals surface area (Å²) in [6.45, 7) is 0.574. The Labute approximate surface area is 113 Å². The summed E-state index contributed by atoms with van der Waals surface area (Å²) < 4.78 is 0.837. The van der Waals surface area contributed by atoms with Gasteiger partial charge in [0.2, 0.25) is 0 Å². The number of amides is 1. The van der Waals surface area contributed by atoms with Crippen LogP contribution in [-0.2, 0) is 0 Å². The van der Waals surface area contributed by atoms with Crippen molar-refractivity contribution in [3.05, 3.63) is 20.8 Å². The molecule has 0 saturated heterocycles. The molecule has 1 aromatic heterocycles. The molecular formula is C12H16BrNO2S. The van der Waals surface area contributed by atoms with Crippen LogP contribution in [0.15, 0.2) is 15.9 Å². The summed E-state index contributed by atoms with van der Waals surface area (Å²) >= 11 is 4.77. The Hall–Kier alpha value is -0.390. The molecule has 2 N–H and O–H groups in total. The van der Waals surface area contributed by atoms with Crippen molar-refractivity contribution in [3.63, 3.8) is 0 Å². The van der Waals surface area contributed by atoms with Crippen LogP contribution < -0.4 is 5.32 Å². The topological polar surface area (TPSA) is 49.3 Å². The summed E-state index contributed by atoms with van der Waals surface area (Å²) in [4.78, 5) is 12.6. The summed E-state index contributed by atoms with van der Waals surface area (Å²) in [7, 11) is 0. The molecule has 0 aliphatic heterocycles. The van der Waals surface area contributed by atoms with E-state index in [4.69, 9.17) is 0 Å². The molecule has 3 nitrogen and oxygen atoms in total. The van der Waals surface area contributed by atoms with Gasteiger partial charge in [-0.25, -0.2) is 0 Å². The molecule has 1 heterocycles. The standard InChI is InChI=1S/C12H16BrNO2S/c13-9-5-6-17-11(9)12(16)14-7-8-3-1-2-4-10(8)15/h5-6,8,10,15H,1-4,7H2,(H,14,16). The van der Waals surface area contributed by atoms with Gasteiger partial charge in [-0.15, -0.1) is 11.3 Å². The number of aliphatic hydroxyl groups excluding tert-OH is 1. The van der Waals surface area contributed by atoms with Gasteiger partial charge in [0, 0.05) is 16.9 Å². The average molecular weight is 318 g/mol. The third kappa shape index (κ3) is 3.30. The lowest BCUT2D eigenvalue weighted by Crippen LogP contribution is -2.36. The zero-order valence-corrected chi connectivity index (χ0v) is 11.9. The summed E-state index contributed by atoms with van der Waals surface area (Å²) in [5.41, 5.74) is 0. The minimum atomic E-state index is -0.254. The lowest BCUT2D eigenvalue weighted by Gasteiger charge is -2.27. The molecule has 0 spiro atoms. The van der Waals surface area contributed by atoms with Gasteiger partial charge < -0.3 is 10.4 Å². The Kier molecular flexibility index (Phi) is 4.59. The van der Waals surface area contributed by atoms with Crippen LogP contribution >= 0.6 is 27.3 Å². The molecule has 17 heavy (non-hydrogen) atoms. The molecule has 0 radical (unpaired) electrons. The highest BCUT2D eigenvalue weighted by atomic mass is 79.9. The van der Waals surface area contributed by atoms with Crippen LogP contribution in [-0.4, -0.2) is 23.7 Å². The quantitative estimate of drug-likeness (QED) is 0.900. The number of thiophene rings is 1. The van der Waals surface area contributed by atoms with E-state index >= 15 is 0 Å². The molecule has 1 aliphatic rings. The number of hydrogen-bond donors (Lipinski definition) is 2. The molecule has 1 amide bonds. The van der Waals surface area contributed by atoms with E-state index in [-0.39, 0.29) is 17.9 Å². The van der Waals surface area contributed by atoms with E-state index < -0.39 is 0 Å². The van der Waals surface area contributed by atoms with Gasteiger partial charge in [0.1, 0.15) is 4.88 Å². The van der Waals surface area contributed by atoms with Crippen molar-refractivity contribution in [1.29, 1.82) is 0 Å². The van der Waals surface area contributed by atoms with E-state index in [1.165, 1.54) is 11.3 Å².